The Hall–Kier alpha value is -1.20. The van der Waals surface area contributed by atoms with E-state index in [4.69, 9.17) is 4.42 Å². The lowest BCUT2D eigenvalue weighted by molar-refractivity contribution is 0.459. The third-order valence-electron chi connectivity index (χ3n) is 2.40. The molecule has 0 aliphatic carbocycles. The summed E-state index contributed by atoms with van der Waals surface area (Å²) in [6.45, 7) is 6.91. The topological polar surface area (TPSA) is 51.0 Å². The van der Waals surface area contributed by atoms with E-state index in [1.807, 2.05) is 13.8 Å². The molecule has 1 atom stereocenters. The van der Waals surface area contributed by atoms with Crippen LogP contribution < -0.4 is 5.32 Å². The van der Waals surface area contributed by atoms with E-state index in [0.717, 1.165) is 16.5 Å². The average molecular weight is 237 g/mol. The molecule has 0 radical (unpaired) electrons. The zero-order chi connectivity index (χ0) is 11.5. The van der Waals surface area contributed by atoms with Crippen LogP contribution in [0.25, 0.3) is 0 Å². The van der Waals surface area contributed by atoms with Gasteiger partial charge in [-0.3, -0.25) is 0 Å². The van der Waals surface area contributed by atoms with Crippen LogP contribution in [0.1, 0.15) is 34.3 Å². The Kier molecular flexibility index (Phi) is 3.36. The molecule has 2 aromatic heterocycles. The fourth-order valence-corrected chi connectivity index (χ4v) is 2.58. The van der Waals surface area contributed by atoms with Crippen molar-refractivity contribution in [3.05, 3.63) is 33.9 Å². The summed E-state index contributed by atoms with van der Waals surface area (Å²) < 4.78 is 5.17. The van der Waals surface area contributed by atoms with Crippen LogP contribution in [-0.4, -0.2) is 9.97 Å². The minimum absolute atomic E-state index is 0.288. The molecular weight excluding hydrogens is 222 g/mol. The number of oxazole rings is 1. The number of hydrogen-bond acceptors (Lipinski definition) is 5. The molecule has 0 bridgehead atoms. The van der Waals surface area contributed by atoms with Crippen molar-refractivity contribution in [2.45, 2.75) is 33.4 Å². The molecule has 0 spiro atoms. The van der Waals surface area contributed by atoms with E-state index in [-0.39, 0.29) is 6.04 Å². The van der Waals surface area contributed by atoms with Crippen LogP contribution in [0.15, 0.2) is 17.0 Å². The van der Waals surface area contributed by atoms with Crippen LogP contribution in [-0.2, 0) is 6.54 Å². The summed E-state index contributed by atoms with van der Waals surface area (Å²) in [6.07, 6.45) is 3.17. The summed E-state index contributed by atoms with van der Waals surface area (Å²) in [7, 11) is 0. The first-order chi connectivity index (χ1) is 7.66. The fraction of sp³-hybridized carbons (Fsp3) is 0.455. The van der Waals surface area contributed by atoms with Gasteiger partial charge in [-0.05, 0) is 20.8 Å². The van der Waals surface area contributed by atoms with E-state index >= 15 is 0 Å². The third-order valence-corrected chi connectivity index (χ3v) is 3.65. The smallest absolute Gasteiger partial charge is 0.180 e. The molecule has 0 fully saturated rings. The van der Waals surface area contributed by atoms with E-state index < -0.39 is 0 Å². The number of rotatable bonds is 4. The lowest BCUT2D eigenvalue weighted by Crippen LogP contribution is -2.17. The van der Waals surface area contributed by atoms with Gasteiger partial charge in [-0.2, -0.15) is 0 Å². The molecule has 0 saturated carbocycles. The van der Waals surface area contributed by atoms with Crippen molar-refractivity contribution in [2.75, 3.05) is 0 Å². The van der Waals surface area contributed by atoms with Gasteiger partial charge in [0, 0.05) is 10.9 Å². The quantitative estimate of drug-likeness (QED) is 0.888. The van der Waals surface area contributed by atoms with Gasteiger partial charge < -0.3 is 9.73 Å². The molecule has 0 saturated heterocycles. The van der Waals surface area contributed by atoms with Gasteiger partial charge in [-0.1, -0.05) is 0 Å². The number of hydrogen-bond donors (Lipinski definition) is 1. The molecule has 5 heteroatoms. The minimum atomic E-state index is 0.288. The molecule has 0 aliphatic rings. The molecule has 0 aliphatic heterocycles. The summed E-state index contributed by atoms with van der Waals surface area (Å²) in [5, 5.41) is 4.50. The van der Waals surface area contributed by atoms with Crippen LogP contribution in [0.4, 0.5) is 0 Å². The van der Waals surface area contributed by atoms with Gasteiger partial charge in [-0.15, -0.1) is 11.3 Å². The molecule has 2 heterocycles. The zero-order valence-corrected chi connectivity index (χ0v) is 10.5. The highest BCUT2D eigenvalue weighted by atomic mass is 32.1. The number of aryl methyl sites for hydroxylation is 2. The maximum absolute atomic E-state index is 5.17. The van der Waals surface area contributed by atoms with Crippen LogP contribution >= 0.6 is 11.3 Å². The van der Waals surface area contributed by atoms with Gasteiger partial charge in [0.25, 0.3) is 0 Å². The highest BCUT2D eigenvalue weighted by Gasteiger charge is 2.12. The Balaban J connectivity index is 1.98. The first-order valence-corrected chi connectivity index (χ1v) is 6.03. The van der Waals surface area contributed by atoms with E-state index in [0.29, 0.717) is 6.54 Å². The second-order valence-corrected chi connectivity index (χ2v) is 4.99. The fourth-order valence-electron chi connectivity index (χ4n) is 1.62. The maximum atomic E-state index is 5.17. The molecule has 4 nitrogen and oxygen atoms in total. The van der Waals surface area contributed by atoms with E-state index in [2.05, 4.69) is 22.2 Å². The van der Waals surface area contributed by atoms with Crippen LogP contribution in [0, 0.1) is 13.8 Å². The van der Waals surface area contributed by atoms with Crippen LogP contribution in [0.3, 0.4) is 0 Å². The summed E-state index contributed by atoms with van der Waals surface area (Å²) in [4.78, 5) is 9.59. The van der Waals surface area contributed by atoms with Crippen molar-refractivity contribution in [1.82, 2.24) is 15.3 Å². The molecule has 0 amide bonds. The zero-order valence-electron chi connectivity index (χ0n) is 9.65. The third kappa shape index (κ3) is 2.48. The van der Waals surface area contributed by atoms with E-state index in [1.165, 1.54) is 11.3 Å². The minimum Gasteiger partial charge on any atom is -0.447 e. The average Bonchev–Trinajstić information content (AvgIpc) is 2.84. The largest absolute Gasteiger partial charge is 0.447 e. The normalized spacial score (nSPS) is 12.9. The second-order valence-electron chi connectivity index (χ2n) is 3.75. The van der Waals surface area contributed by atoms with Gasteiger partial charge in [0.15, 0.2) is 6.39 Å². The van der Waals surface area contributed by atoms with Crippen molar-refractivity contribution in [2.24, 2.45) is 0 Å². The van der Waals surface area contributed by atoms with E-state index in [9.17, 15) is 0 Å². The Morgan fingerprint density at radius 3 is 2.88 bits per heavy atom. The Morgan fingerprint density at radius 2 is 2.31 bits per heavy atom. The predicted molar refractivity (Wildman–Crippen MR) is 63.3 cm³/mol. The molecule has 2 aromatic rings. The van der Waals surface area contributed by atoms with Gasteiger partial charge >= 0.3 is 0 Å². The first-order valence-electron chi connectivity index (χ1n) is 5.21. The van der Waals surface area contributed by atoms with Crippen molar-refractivity contribution in [3.63, 3.8) is 0 Å². The molecule has 1 unspecified atom stereocenters. The monoisotopic (exact) mass is 237 g/mol. The SMILES string of the molecule is Cc1nc(C)c(C(C)NCc2cnco2)s1. The summed E-state index contributed by atoms with van der Waals surface area (Å²) in [5.41, 5.74) is 1.11. The predicted octanol–water partition coefficient (Wildman–Crippen LogP) is 2.60. The summed E-state index contributed by atoms with van der Waals surface area (Å²) in [6, 6.07) is 0.288. The van der Waals surface area contributed by atoms with Crippen molar-refractivity contribution in [1.29, 1.82) is 0 Å². The van der Waals surface area contributed by atoms with Crippen LogP contribution in [0.2, 0.25) is 0 Å². The molecule has 2 rings (SSSR count). The molecular formula is C11H15N3OS. The van der Waals surface area contributed by atoms with Gasteiger partial charge in [-0.25, -0.2) is 9.97 Å². The molecule has 0 aromatic carbocycles. The summed E-state index contributed by atoms with van der Waals surface area (Å²) in [5.74, 6) is 0.853. The highest BCUT2D eigenvalue weighted by molar-refractivity contribution is 7.11. The van der Waals surface area contributed by atoms with E-state index in [1.54, 1.807) is 17.5 Å². The molecule has 1 N–H and O–H groups in total. The van der Waals surface area contributed by atoms with Gasteiger partial charge in [0.05, 0.1) is 23.4 Å². The number of aromatic nitrogens is 2. The van der Waals surface area contributed by atoms with Crippen LogP contribution in [0.5, 0.6) is 0 Å². The van der Waals surface area contributed by atoms with Crippen molar-refractivity contribution < 1.29 is 4.42 Å². The molecule has 86 valence electrons. The number of thiazole rings is 1. The lowest BCUT2D eigenvalue weighted by atomic mass is 10.2. The van der Waals surface area contributed by atoms with Crippen molar-refractivity contribution in [3.8, 4) is 0 Å². The van der Waals surface area contributed by atoms with Gasteiger partial charge in [0.1, 0.15) is 5.76 Å². The highest BCUT2D eigenvalue weighted by Crippen LogP contribution is 2.24. The number of nitrogens with zero attached hydrogens (tertiary/aromatic N) is 2. The first kappa shape index (κ1) is 11.3. The summed E-state index contributed by atoms with van der Waals surface area (Å²) >= 11 is 1.74. The van der Waals surface area contributed by atoms with Gasteiger partial charge in [0.2, 0.25) is 0 Å². The van der Waals surface area contributed by atoms with Crippen molar-refractivity contribution >= 4 is 11.3 Å². The Labute approximate surface area is 98.7 Å². The second kappa shape index (κ2) is 4.76. The lowest BCUT2D eigenvalue weighted by Gasteiger charge is -2.11. The Bertz CT molecular complexity index is 450. The maximum Gasteiger partial charge on any atom is 0.180 e. The standard InChI is InChI=1S/C11H15N3OS/c1-7(11-8(2)14-9(3)16-11)13-5-10-4-12-6-15-10/h4,6-7,13H,5H2,1-3H3. The Morgan fingerprint density at radius 1 is 1.50 bits per heavy atom. The number of nitrogens with one attached hydrogen (secondary N) is 1. The molecule has 16 heavy (non-hydrogen) atoms.